The van der Waals surface area contributed by atoms with Gasteiger partial charge in [-0.1, -0.05) is 11.3 Å². The summed E-state index contributed by atoms with van der Waals surface area (Å²) in [7, 11) is 1.60. The number of carbonyl (C=O) groups excluding carboxylic acids is 1. The highest BCUT2D eigenvalue weighted by Gasteiger charge is 2.22. The molecule has 2 aromatic carbocycles. The quantitative estimate of drug-likeness (QED) is 0.257. The number of carbonyl (C=O) groups is 1. The number of thiazole rings is 1. The fourth-order valence-corrected chi connectivity index (χ4v) is 4.77. The monoisotopic (exact) mass is 489 g/mol. The van der Waals surface area contributed by atoms with E-state index in [0.29, 0.717) is 20.2 Å². The molecule has 0 saturated heterocycles. The van der Waals surface area contributed by atoms with Crippen molar-refractivity contribution < 1.29 is 13.9 Å². The maximum atomic E-state index is 13.6. The molecule has 0 bridgehead atoms. The zero-order valence-electron chi connectivity index (χ0n) is 15.0. The van der Waals surface area contributed by atoms with Gasteiger partial charge in [0.1, 0.15) is 11.6 Å². The molecule has 0 atom stereocenters. The smallest absolute Gasteiger partial charge is 0.290 e. The normalized spacial score (nSPS) is 11.3. The Hall–Kier alpha value is -2.62. The van der Waals surface area contributed by atoms with Crippen molar-refractivity contribution in [3.8, 4) is 5.75 Å². The number of rotatable bonds is 5. The molecule has 1 amide bonds. The molecule has 29 heavy (non-hydrogen) atoms. The van der Waals surface area contributed by atoms with Gasteiger partial charge in [0.2, 0.25) is 5.13 Å². The van der Waals surface area contributed by atoms with E-state index in [0.717, 1.165) is 15.1 Å². The van der Waals surface area contributed by atoms with Gasteiger partial charge in [-0.15, -0.1) is 11.3 Å². The van der Waals surface area contributed by atoms with Gasteiger partial charge in [0.15, 0.2) is 0 Å². The summed E-state index contributed by atoms with van der Waals surface area (Å²) in [5.74, 6) is 0.0613. The zero-order chi connectivity index (χ0) is 20.4. The molecular formula is C20H13BrFN3O2S2. The first kappa shape index (κ1) is 19.7. The molecular weight excluding hydrogens is 477 g/mol. The third-order valence-corrected chi connectivity index (χ3v) is 6.54. The average Bonchev–Trinajstić information content (AvgIpc) is 3.34. The Morgan fingerprint density at radius 1 is 1.17 bits per heavy atom. The van der Waals surface area contributed by atoms with Crippen molar-refractivity contribution in [1.82, 2.24) is 4.98 Å². The van der Waals surface area contributed by atoms with E-state index < -0.39 is 0 Å². The zero-order valence-corrected chi connectivity index (χ0v) is 18.2. The minimum Gasteiger partial charge on any atom is -0.497 e. The molecule has 4 rings (SSSR count). The lowest BCUT2D eigenvalue weighted by atomic mass is 10.2. The largest absolute Gasteiger partial charge is 0.497 e. The summed E-state index contributed by atoms with van der Waals surface area (Å²) in [6.07, 6.45) is 1.58. The van der Waals surface area contributed by atoms with E-state index >= 15 is 0 Å². The fourth-order valence-electron chi connectivity index (χ4n) is 2.51. The highest BCUT2D eigenvalue weighted by Crippen LogP contribution is 2.32. The van der Waals surface area contributed by atoms with E-state index in [1.54, 1.807) is 31.5 Å². The van der Waals surface area contributed by atoms with Crippen molar-refractivity contribution in [2.75, 3.05) is 12.1 Å². The molecule has 0 aliphatic carbocycles. The van der Waals surface area contributed by atoms with Gasteiger partial charge in [0.25, 0.3) is 5.91 Å². The van der Waals surface area contributed by atoms with Gasteiger partial charge in [0.05, 0.1) is 32.2 Å². The molecule has 9 heteroatoms. The van der Waals surface area contributed by atoms with Gasteiger partial charge in [-0.2, -0.15) is 10.1 Å². The van der Waals surface area contributed by atoms with Gasteiger partial charge >= 0.3 is 0 Å². The lowest BCUT2D eigenvalue weighted by Gasteiger charge is -2.12. The Labute approximate surface area is 182 Å². The lowest BCUT2D eigenvalue weighted by molar-refractivity contribution is 0.0991. The molecule has 0 aliphatic rings. The van der Waals surface area contributed by atoms with Crippen LogP contribution >= 0.6 is 38.6 Å². The predicted octanol–water partition coefficient (Wildman–Crippen LogP) is 5.95. The summed E-state index contributed by atoms with van der Waals surface area (Å²) in [6, 6.07) is 15.1. The Morgan fingerprint density at radius 3 is 2.66 bits per heavy atom. The van der Waals surface area contributed by atoms with Crippen molar-refractivity contribution in [2.24, 2.45) is 5.10 Å². The third-order valence-electron chi connectivity index (χ3n) is 3.93. The fraction of sp³-hybridized carbons (Fsp3) is 0.0500. The maximum absolute atomic E-state index is 13.6. The predicted molar refractivity (Wildman–Crippen MR) is 119 cm³/mol. The molecule has 2 aromatic heterocycles. The van der Waals surface area contributed by atoms with E-state index in [4.69, 9.17) is 4.74 Å². The SMILES string of the molecule is COc1ccc(/C=N/N(C(=O)c2ccc(Br)s2)c2nc3ccc(F)cc3s2)cc1. The van der Waals surface area contributed by atoms with Gasteiger partial charge in [0, 0.05) is 0 Å². The number of ether oxygens (including phenoxy) is 1. The van der Waals surface area contributed by atoms with Crippen LogP contribution in [0.3, 0.4) is 0 Å². The number of hydrogen-bond donors (Lipinski definition) is 0. The maximum Gasteiger partial charge on any atom is 0.290 e. The van der Waals surface area contributed by atoms with Crippen LogP contribution < -0.4 is 9.75 Å². The second-order valence-corrected chi connectivity index (χ2v) is 9.32. The van der Waals surface area contributed by atoms with Gasteiger partial charge in [-0.3, -0.25) is 4.79 Å². The second-order valence-electron chi connectivity index (χ2n) is 5.85. The van der Waals surface area contributed by atoms with Crippen LogP contribution in [-0.2, 0) is 0 Å². The molecule has 146 valence electrons. The Balaban J connectivity index is 1.72. The number of thiophene rings is 1. The average molecular weight is 490 g/mol. The van der Waals surface area contributed by atoms with Crippen LogP contribution in [0.25, 0.3) is 10.2 Å². The minimum absolute atomic E-state index is 0.315. The van der Waals surface area contributed by atoms with Crippen LogP contribution in [0.5, 0.6) is 5.75 Å². The standard InChI is InChI=1S/C20H13BrFN3O2S2/c1-27-14-5-2-12(3-6-14)11-23-25(19(26)16-8-9-18(21)28-16)20-24-15-7-4-13(22)10-17(15)29-20/h2-11H,1H3/b23-11+. The van der Waals surface area contributed by atoms with Crippen LogP contribution in [0.2, 0.25) is 0 Å². The van der Waals surface area contributed by atoms with Crippen LogP contribution in [-0.4, -0.2) is 24.2 Å². The highest BCUT2D eigenvalue weighted by atomic mass is 79.9. The summed E-state index contributed by atoms with van der Waals surface area (Å²) in [5.41, 5.74) is 1.40. The third kappa shape index (κ3) is 4.36. The number of benzene rings is 2. The van der Waals surface area contributed by atoms with E-state index in [2.05, 4.69) is 26.0 Å². The van der Waals surface area contributed by atoms with Crippen molar-refractivity contribution in [2.45, 2.75) is 0 Å². The summed E-state index contributed by atoms with van der Waals surface area (Å²) < 4.78 is 20.2. The molecule has 2 heterocycles. The van der Waals surface area contributed by atoms with Crippen LogP contribution in [0.1, 0.15) is 15.2 Å². The summed E-state index contributed by atoms with van der Waals surface area (Å²) >= 11 is 5.88. The topological polar surface area (TPSA) is 54.8 Å². The van der Waals surface area contributed by atoms with Crippen molar-refractivity contribution in [3.05, 3.63) is 74.6 Å². The molecule has 0 spiro atoms. The summed E-state index contributed by atoms with van der Waals surface area (Å²) in [5, 5.41) is 5.99. The number of halogens is 2. The Bertz CT molecular complexity index is 1200. The Kier molecular flexibility index (Phi) is 5.70. The van der Waals surface area contributed by atoms with E-state index in [-0.39, 0.29) is 11.7 Å². The van der Waals surface area contributed by atoms with Crippen LogP contribution in [0.4, 0.5) is 9.52 Å². The number of nitrogens with zero attached hydrogens (tertiary/aromatic N) is 3. The van der Waals surface area contributed by atoms with E-state index in [9.17, 15) is 9.18 Å². The lowest BCUT2D eigenvalue weighted by Crippen LogP contribution is -2.24. The van der Waals surface area contributed by atoms with E-state index in [1.165, 1.54) is 39.8 Å². The number of methoxy groups -OCH3 is 1. The number of fused-ring (bicyclic) bond motifs is 1. The molecule has 0 radical (unpaired) electrons. The number of anilines is 1. The van der Waals surface area contributed by atoms with Crippen molar-refractivity contribution in [3.63, 3.8) is 0 Å². The van der Waals surface area contributed by atoms with Gasteiger partial charge in [-0.25, -0.2) is 9.37 Å². The minimum atomic E-state index is -0.352. The highest BCUT2D eigenvalue weighted by molar-refractivity contribution is 9.11. The first-order valence-electron chi connectivity index (χ1n) is 8.37. The summed E-state index contributed by atoms with van der Waals surface area (Å²) in [6.45, 7) is 0. The molecule has 5 nitrogen and oxygen atoms in total. The van der Waals surface area contributed by atoms with Crippen LogP contribution in [0, 0.1) is 5.82 Å². The molecule has 4 aromatic rings. The molecule has 0 saturated carbocycles. The molecule has 0 N–H and O–H groups in total. The first-order chi connectivity index (χ1) is 14.0. The van der Waals surface area contributed by atoms with Crippen molar-refractivity contribution >= 4 is 66.1 Å². The summed E-state index contributed by atoms with van der Waals surface area (Å²) in [4.78, 5) is 18.1. The number of aromatic nitrogens is 1. The van der Waals surface area contributed by atoms with Gasteiger partial charge in [-0.05, 0) is 76.1 Å². The first-order valence-corrected chi connectivity index (χ1v) is 10.8. The van der Waals surface area contributed by atoms with Gasteiger partial charge < -0.3 is 4.74 Å². The molecule has 0 fully saturated rings. The molecule has 0 aliphatic heterocycles. The number of hydrazone groups is 1. The second kappa shape index (κ2) is 8.40. The Morgan fingerprint density at radius 2 is 1.97 bits per heavy atom. The molecule has 0 unspecified atom stereocenters. The van der Waals surface area contributed by atoms with E-state index in [1.807, 2.05) is 24.3 Å². The number of hydrogen-bond acceptors (Lipinski definition) is 6. The van der Waals surface area contributed by atoms with Crippen LogP contribution in [0.15, 0.2) is 63.5 Å². The number of amides is 1. The van der Waals surface area contributed by atoms with Crippen molar-refractivity contribution in [1.29, 1.82) is 0 Å².